The lowest BCUT2D eigenvalue weighted by Crippen LogP contribution is -2.28. The van der Waals surface area contributed by atoms with E-state index in [0.717, 1.165) is 0 Å². The number of benzene rings is 1. The van der Waals surface area contributed by atoms with Crippen molar-refractivity contribution in [3.63, 3.8) is 0 Å². The first-order valence-corrected chi connectivity index (χ1v) is 5.08. The number of halogens is 3. The van der Waals surface area contributed by atoms with Gasteiger partial charge in [-0.25, -0.2) is 0 Å². The largest absolute Gasteiger partial charge is 0.502 e. The van der Waals surface area contributed by atoms with Crippen LogP contribution in [-0.2, 0) is 11.2 Å². The van der Waals surface area contributed by atoms with Crippen LogP contribution in [0.2, 0.25) is 0 Å². The SMILES string of the molecule is N[C@@H](c1cc(CC(=O)O)cc([N+](=O)[O-])c1O)C(F)(F)F. The summed E-state index contributed by atoms with van der Waals surface area (Å²) in [6, 6.07) is -1.28. The number of carbonyl (C=O) groups is 1. The minimum Gasteiger partial charge on any atom is -0.502 e. The van der Waals surface area contributed by atoms with Crippen LogP contribution in [0.4, 0.5) is 18.9 Å². The van der Waals surface area contributed by atoms with Crippen molar-refractivity contribution in [1.29, 1.82) is 0 Å². The van der Waals surface area contributed by atoms with Gasteiger partial charge in [-0.3, -0.25) is 14.9 Å². The van der Waals surface area contributed by atoms with Crippen LogP contribution in [-0.4, -0.2) is 27.3 Å². The van der Waals surface area contributed by atoms with Gasteiger partial charge >= 0.3 is 17.8 Å². The Labute approximate surface area is 109 Å². The highest BCUT2D eigenvalue weighted by molar-refractivity contribution is 5.71. The van der Waals surface area contributed by atoms with E-state index in [9.17, 15) is 33.2 Å². The Morgan fingerprint density at radius 3 is 2.40 bits per heavy atom. The molecule has 0 radical (unpaired) electrons. The smallest absolute Gasteiger partial charge is 0.407 e. The van der Waals surface area contributed by atoms with Gasteiger partial charge in [0.25, 0.3) is 0 Å². The Kier molecular flexibility index (Phi) is 4.18. The van der Waals surface area contributed by atoms with Crippen molar-refractivity contribution in [2.75, 3.05) is 0 Å². The molecule has 0 amide bonds. The number of nitro benzene ring substituents is 1. The molecule has 1 aromatic carbocycles. The van der Waals surface area contributed by atoms with Crippen LogP contribution < -0.4 is 5.73 Å². The highest BCUT2D eigenvalue weighted by Gasteiger charge is 2.41. The van der Waals surface area contributed by atoms with Gasteiger partial charge in [0.1, 0.15) is 6.04 Å². The second-order valence-corrected chi connectivity index (χ2v) is 3.90. The van der Waals surface area contributed by atoms with Gasteiger partial charge in [-0.1, -0.05) is 0 Å². The number of rotatable bonds is 4. The number of nitrogens with zero attached hydrogens (tertiary/aromatic N) is 1. The third-order valence-corrected chi connectivity index (χ3v) is 2.42. The molecular formula is C10H9F3N2O5. The zero-order chi connectivity index (χ0) is 15.7. The number of hydrogen-bond acceptors (Lipinski definition) is 5. The number of nitro groups is 1. The maximum Gasteiger partial charge on any atom is 0.407 e. The Balaban J connectivity index is 3.45. The summed E-state index contributed by atoms with van der Waals surface area (Å²) in [4.78, 5) is 20.1. The fourth-order valence-electron chi connectivity index (χ4n) is 1.53. The number of alkyl halides is 3. The predicted molar refractivity (Wildman–Crippen MR) is 59.1 cm³/mol. The number of aromatic hydroxyl groups is 1. The summed E-state index contributed by atoms with van der Waals surface area (Å²) < 4.78 is 37.6. The quantitative estimate of drug-likeness (QED) is 0.570. The summed E-state index contributed by atoms with van der Waals surface area (Å²) in [5.41, 5.74) is 2.65. The third-order valence-electron chi connectivity index (χ3n) is 2.42. The predicted octanol–water partition coefficient (Wildman–Crippen LogP) is 1.49. The first-order chi connectivity index (χ1) is 9.04. The molecule has 0 aromatic heterocycles. The number of carboxylic acids is 1. The van der Waals surface area contributed by atoms with E-state index >= 15 is 0 Å². The van der Waals surface area contributed by atoms with Crippen molar-refractivity contribution in [3.05, 3.63) is 33.4 Å². The highest BCUT2D eigenvalue weighted by atomic mass is 19.4. The van der Waals surface area contributed by atoms with Crippen LogP contribution in [0.25, 0.3) is 0 Å². The van der Waals surface area contributed by atoms with Gasteiger partial charge in [-0.15, -0.1) is 0 Å². The molecule has 0 aliphatic carbocycles. The van der Waals surface area contributed by atoms with Gasteiger partial charge in [0.2, 0.25) is 0 Å². The summed E-state index contributed by atoms with van der Waals surface area (Å²) in [6.07, 6.45) is -5.67. The van der Waals surface area contributed by atoms with E-state index in [4.69, 9.17) is 10.8 Å². The fourth-order valence-corrected chi connectivity index (χ4v) is 1.53. The van der Waals surface area contributed by atoms with E-state index in [2.05, 4.69) is 0 Å². The molecule has 110 valence electrons. The summed E-state index contributed by atoms with van der Waals surface area (Å²) >= 11 is 0. The highest BCUT2D eigenvalue weighted by Crippen LogP contribution is 2.40. The molecule has 0 saturated heterocycles. The van der Waals surface area contributed by atoms with Crippen molar-refractivity contribution in [1.82, 2.24) is 0 Å². The maximum absolute atomic E-state index is 12.5. The lowest BCUT2D eigenvalue weighted by Gasteiger charge is -2.17. The van der Waals surface area contributed by atoms with Gasteiger partial charge in [0, 0.05) is 11.6 Å². The molecule has 7 nitrogen and oxygen atoms in total. The molecule has 0 spiro atoms. The van der Waals surface area contributed by atoms with E-state index in [1.807, 2.05) is 0 Å². The van der Waals surface area contributed by atoms with E-state index in [1.165, 1.54) is 0 Å². The number of phenolic OH excluding ortho intramolecular Hbond substituents is 1. The molecular weight excluding hydrogens is 285 g/mol. The second kappa shape index (κ2) is 5.33. The lowest BCUT2D eigenvalue weighted by molar-refractivity contribution is -0.386. The summed E-state index contributed by atoms with van der Waals surface area (Å²) in [7, 11) is 0. The van der Waals surface area contributed by atoms with Crippen LogP contribution >= 0.6 is 0 Å². The monoisotopic (exact) mass is 294 g/mol. The lowest BCUT2D eigenvalue weighted by atomic mass is 10.00. The number of hydrogen-bond donors (Lipinski definition) is 3. The van der Waals surface area contributed by atoms with Gasteiger partial charge in [0.05, 0.1) is 11.3 Å². The number of nitrogens with two attached hydrogens (primary N) is 1. The first-order valence-electron chi connectivity index (χ1n) is 5.08. The minimum absolute atomic E-state index is 0.267. The summed E-state index contributed by atoms with van der Waals surface area (Å²) in [6.45, 7) is 0. The Morgan fingerprint density at radius 2 is 2.00 bits per heavy atom. The normalized spacial score (nSPS) is 13.0. The zero-order valence-electron chi connectivity index (χ0n) is 9.72. The van der Waals surface area contributed by atoms with E-state index in [-0.39, 0.29) is 5.56 Å². The maximum atomic E-state index is 12.5. The molecule has 0 unspecified atom stereocenters. The van der Waals surface area contributed by atoms with Crippen molar-refractivity contribution in [2.45, 2.75) is 18.6 Å². The number of aliphatic carboxylic acids is 1. The van der Waals surface area contributed by atoms with Crippen LogP contribution in [0.3, 0.4) is 0 Å². The first kappa shape index (κ1) is 15.7. The Bertz CT molecular complexity index is 559. The summed E-state index contributed by atoms with van der Waals surface area (Å²) in [5.74, 6) is -2.62. The van der Waals surface area contributed by atoms with Crippen molar-refractivity contribution in [3.8, 4) is 5.75 Å². The molecule has 4 N–H and O–H groups in total. The molecule has 1 rings (SSSR count). The Morgan fingerprint density at radius 1 is 1.45 bits per heavy atom. The average molecular weight is 294 g/mol. The average Bonchev–Trinajstić information content (AvgIpc) is 2.28. The minimum atomic E-state index is -4.94. The molecule has 0 heterocycles. The molecule has 10 heteroatoms. The van der Waals surface area contributed by atoms with Crippen LogP contribution in [0.1, 0.15) is 17.2 Å². The van der Waals surface area contributed by atoms with Crippen LogP contribution in [0, 0.1) is 10.1 Å². The van der Waals surface area contributed by atoms with Crippen LogP contribution in [0.15, 0.2) is 12.1 Å². The van der Waals surface area contributed by atoms with Crippen LogP contribution in [0.5, 0.6) is 5.75 Å². The number of phenols is 1. The molecule has 1 aromatic rings. The van der Waals surface area contributed by atoms with Crippen molar-refractivity contribution < 1.29 is 33.1 Å². The second-order valence-electron chi connectivity index (χ2n) is 3.90. The molecule has 0 saturated carbocycles. The summed E-state index contributed by atoms with van der Waals surface area (Å²) in [5, 5.41) is 28.7. The van der Waals surface area contributed by atoms with Gasteiger partial charge in [0.15, 0.2) is 5.75 Å². The topological polar surface area (TPSA) is 127 Å². The molecule has 0 aliphatic rings. The van der Waals surface area contributed by atoms with Gasteiger partial charge in [-0.2, -0.15) is 13.2 Å². The van der Waals surface area contributed by atoms with E-state index in [1.54, 1.807) is 0 Å². The Hall–Kier alpha value is -2.36. The number of carboxylic acid groups (broad SMARTS) is 1. The molecule has 0 bridgehead atoms. The molecule has 0 fully saturated rings. The molecule has 1 atom stereocenters. The molecule has 20 heavy (non-hydrogen) atoms. The standard InChI is InChI=1S/C10H9F3N2O5/c11-10(12,13)9(14)5-1-4(3-7(16)17)2-6(8(5)18)15(19)20/h1-2,9,18H,3,14H2,(H,16,17)/t9-/m0/s1. The van der Waals surface area contributed by atoms with Gasteiger partial charge < -0.3 is 15.9 Å². The van der Waals surface area contributed by atoms with E-state index in [0.29, 0.717) is 12.1 Å². The third kappa shape index (κ3) is 3.35. The van der Waals surface area contributed by atoms with Crippen molar-refractivity contribution in [2.24, 2.45) is 5.73 Å². The fraction of sp³-hybridized carbons (Fsp3) is 0.300. The zero-order valence-corrected chi connectivity index (χ0v) is 9.72. The molecule has 0 aliphatic heterocycles. The van der Waals surface area contributed by atoms with Gasteiger partial charge in [-0.05, 0) is 11.6 Å². The van der Waals surface area contributed by atoms with E-state index < -0.39 is 46.5 Å². The van der Waals surface area contributed by atoms with Crippen molar-refractivity contribution >= 4 is 11.7 Å².